The normalized spacial score (nSPS) is 11.0. The highest BCUT2D eigenvalue weighted by Gasteiger charge is 2.25. The molecule has 172 valence electrons. The maximum Gasteiger partial charge on any atom is 0.407 e. The molecule has 0 saturated carbocycles. The first kappa shape index (κ1) is 24.6. The molecule has 3 N–H and O–H groups in total. The van der Waals surface area contributed by atoms with E-state index in [2.05, 4.69) is 10.6 Å². The van der Waals surface area contributed by atoms with Crippen LogP contribution in [0.5, 0.6) is 0 Å². The molecule has 2 rings (SSSR count). The van der Waals surface area contributed by atoms with Crippen LogP contribution in [0.15, 0.2) is 47.4 Å². The number of nitrogens with one attached hydrogen (secondary N) is 2. The van der Waals surface area contributed by atoms with Gasteiger partial charge in [0.1, 0.15) is 5.56 Å². The van der Waals surface area contributed by atoms with Crippen LogP contribution in [0.3, 0.4) is 0 Å². The van der Waals surface area contributed by atoms with E-state index in [1.165, 1.54) is 28.8 Å². The van der Waals surface area contributed by atoms with Gasteiger partial charge in [0.05, 0.1) is 12.1 Å². The number of amides is 3. The minimum atomic E-state index is -1.02. The maximum atomic E-state index is 12.8. The summed E-state index contributed by atoms with van der Waals surface area (Å²) in [6.07, 6.45) is 0.823. The van der Waals surface area contributed by atoms with Crippen LogP contribution in [-0.4, -0.2) is 58.2 Å². The SMILES string of the molecule is CNC(=O)c1cc(C(=O)NCCCN(C(=O)O)C(C)(C)C)cn(Cc2ccccc2)c1=O. The van der Waals surface area contributed by atoms with Gasteiger partial charge in [0.2, 0.25) is 0 Å². The van der Waals surface area contributed by atoms with Gasteiger partial charge in [-0.3, -0.25) is 14.4 Å². The smallest absolute Gasteiger partial charge is 0.407 e. The molecule has 0 spiro atoms. The van der Waals surface area contributed by atoms with Crippen molar-refractivity contribution < 1.29 is 19.5 Å². The predicted molar refractivity (Wildman–Crippen MR) is 121 cm³/mol. The van der Waals surface area contributed by atoms with Gasteiger partial charge >= 0.3 is 6.09 Å². The van der Waals surface area contributed by atoms with Crippen LogP contribution in [0, 0.1) is 0 Å². The summed E-state index contributed by atoms with van der Waals surface area (Å²) < 4.78 is 1.33. The van der Waals surface area contributed by atoms with Crippen molar-refractivity contribution in [1.29, 1.82) is 0 Å². The third kappa shape index (κ3) is 6.44. The first-order chi connectivity index (χ1) is 15.0. The van der Waals surface area contributed by atoms with E-state index in [1.54, 1.807) is 20.8 Å². The number of aromatic nitrogens is 1. The number of carboxylic acid groups (broad SMARTS) is 1. The second kappa shape index (κ2) is 10.6. The summed E-state index contributed by atoms with van der Waals surface area (Å²) in [4.78, 5) is 50.4. The molecule has 0 unspecified atom stereocenters. The third-order valence-electron chi connectivity index (χ3n) is 4.90. The first-order valence-electron chi connectivity index (χ1n) is 10.3. The molecule has 0 atom stereocenters. The molecule has 0 aliphatic carbocycles. The Morgan fingerprint density at radius 2 is 1.75 bits per heavy atom. The lowest BCUT2D eigenvalue weighted by atomic mass is 10.1. The van der Waals surface area contributed by atoms with Gasteiger partial charge in [0.15, 0.2) is 0 Å². The van der Waals surface area contributed by atoms with Crippen LogP contribution in [0.2, 0.25) is 0 Å². The van der Waals surface area contributed by atoms with E-state index in [0.29, 0.717) is 6.42 Å². The van der Waals surface area contributed by atoms with Gasteiger partial charge in [-0.2, -0.15) is 0 Å². The standard InChI is InChI=1S/C23H30N4O5/c1-23(2,3)27(22(31)32)12-8-11-25-19(28)17-13-18(20(29)24-4)21(30)26(15-17)14-16-9-6-5-7-10-16/h5-7,9-10,13,15H,8,11-12,14H2,1-4H3,(H,24,29)(H,25,28)(H,31,32). The summed E-state index contributed by atoms with van der Waals surface area (Å²) in [5.41, 5.74) is -0.144. The molecule has 32 heavy (non-hydrogen) atoms. The Labute approximate surface area is 187 Å². The summed E-state index contributed by atoms with van der Waals surface area (Å²) in [7, 11) is 1.42. The molecule has 0 fully saturated rings. The van der Waals surface area contributed by atoms with Crippen LogP contribution in [0.4, 0.5) is 4.79 Å². The van der Waals surface area contributed by atoms with E-state index in [1.807, 2.05) is 30.3 Å². The highest BCUT2D eigenvalue weighted by atomic mass is 16.4. The number of rotatable bonds is 8. The lowest BCUT2D eigenvalue weighted by Gasteiger charge is -2.33. The quantitative estimate of drug-likeness (QED) is 0.541. The van der Waals surface area contributed by atoms with Gasteiger partial charge in [-0.25, -0.2) is 4.79 Å². The number of pyridine rings is 1. The van der Waals surface area contributed by atoms with Gasteiger partial charge in [-0.05, 0) is 38.8 Å². The number of hydrogen-bond donors (Lipinski definition) is 3. The fraction of sp³-hybridized carbons (Fsp3) is 0.391. The van der Waals surface area contributed by atoms with E-state index in [9.17, 15) is 24.3 Å². The molecule has 0 bridgehead atoms. The minimum Gasteiger partial charge on any atom is -0.465 e. The van der Waals surface area contributed by atoms with Crippen molar-refractivity contribution in [3.63, 3.8) is 0 Å². The van der Waals surface area contributed by atoms with Crippen molar-refractivity contribution in [3.05, 3.63) is 69.6 Å². The van der Waals surface area contributed by atoms with Crippen LogP contribution in [-0.2, 0) is 6.54 Å². The number of nitrogens with zero attached hydrogens (tertiary/aromatic N) is 2. The zero-order valence-corrected chi connectivity index (χ0v) is 18.8. The van der Waals surface area contributed by atoms with Crippen LogP contribution < -0.4 is 16.2 Å². The van der Waals surface area contributed by atoms with Gasteiger partial charge in [-0.15, -0.1) is 0 Å². The van der Waals surface area contributed by atoms with Gasteiger partial charge in [0.25, 0.3) is 17.4 Å². The topological polar surface area (TPSA) is 121 Å². The summed E-state index contributed by atoms with van der Waals surface area (Å²) in [6, 6.07) is 10.5. The third-order valence-corrected chi connectivity index (χ3v) is 4.90. The molecule has 0 radical (unpaired) electrons. The minimum absolute atomic E-state index is 0.124. The van der Waals surface area contributed by atoms with Crippen molar-refractivity contribution >= 4 is 17.9 Å². The average molecular weight is 443 g/mol. The van der Waals surface area contributed by atoms with E-state index < -0.39 is 29.0 Å². The molecular weight excluding hydrogens is 412 g/mol. The lowest BCUT2D eigenvalue weighted by molar-refractivity contribution is 0.0935. The number of carbonyl (C=O) groups excluding carboxylic acids is 2. The monoisotopic (exact) mass is 442 g/mol. The van der Waals surface area contributed by atoms with E-state index in [4.69, 9.17) is 0 Å². The Hall–Kier alpha value is -3.62. The lowest BCUT2D eigenvalue weighted by Crippen LogP contribution is -2.46. The van der Waals surface area contributed by atoms with Crippen molar-refractivity contribution in [2.75, 3.05) is 20.1 Å². The van der Waals surface area contributed by atoms with Crippen molar-refractivity contribution in [2.24, 2.45) is 0 Å². The largest absolute Gasteiger partial charge is 0.465 e. The van der Waals surface area contributed by atoms with Crippen LogP contribution >= 0.6 is 0 Å². The van der Waals surface area contributed by atoms with Crippen LogP contribution in [0.25, 0.3) is 0 Å². The van der Waals surface area contributed by atoms with Gasteiger partial charge in [-0.1, -0.05) is 30.3 Å². The van der Waals surface area contributed by atoms with E-state index >= 15 is 0 Å². The summed E-state index contributed by atoms with van der Waals surface area (Å²) in [5.74, 6) is -1.02. The average Bonchev–Trinajstić information content (AvgIpc) is 2.73. The zero-order valence-electron chi connectivity index (χ0n) is 18.8. The number of hydrogen-bond acceptors (Lipinski definition) is 4. The summed E-state index contributed by atoms with van der Waals surface area (Å²) in [5, 5.41) is 14.5. The molecule has 2 aromatic rings. The molecule has 3 amide bonds. The molecule has 9 nitrogen and oxygen atoms in total. The molecule has 0 saturated heterocycles. The molecule has 1 aromatic carbocycles. The summed E-state index contributed by atoms with van der Waals surface area (Å²) >= 11 is 0. The Bertz CT molecular complexity index is 1020. The van der Waals surface area contributed by atoms with Crippen molar-refractivity contribution in [1.82, 2.24) is 20.1 Å². The number of benzene rings is 1. The van der Waals surface area contributed by atoms with Crippen molar-refractivity contribution in [2.45, 2.75) is 39.3 Å². The molecular formula is C23H30N4O5. The fourth-order valence-corrected chi connectivity index (χ4v) is 3.21. The Morgan fingerprint density at radius 1 is 1.09 bits per heavy atom. The van der Waals surface area contributed by atoms with E-state index in [-0.39, 0.29) is 30.8 Å². The Balaban J connectivity index is 2.17. The van der Waals surface area contributed by atoms with Gasteiger partial charge in [0, 0.05) is 31.9 Å². The second-order valence-electron chi connectivity index (χ2n) is 8.35. The van der Waals surface area contributed by atoms with Crippen LogP contribution in [0.1, 0.15) is 53.5 Å². The van der Waals surface area contributed by atoms with E-state index in [0.717, 1.165) is 5.56 Å². The maximum absolute atomic E-state index is 12.8. The summed E-state index contributed by atoms with van der Waals surface area (Å²) in [6.45, 7) is 6.12. The Morgan fingerprint density at radius 3 is 2.31 bits per heavy atom. The molecule has 0 aliphatic heterocycles. The highest BCUT2D eigenvalue weighted by Crippen LogP contribution is 2.13. The number of carbonyl (C=O) groups is 3. The second-order valence-corrected chi connectivity index (χ2v) is 8.35. The molecule has 1 heterocycles. The zero-order chi connectivity index (χ0) is 23.9. The predicted octanol–water partition coefficient (Wildman–Crippen LogP) is 2.15. The van der Waals surface area contributed by atoms with Crippen molar-refractivity contribution in [3.8, 4) is 0 Å². The molecule has 9 heteroatoms. The fourth-order valence-electron chi connectivity index (χ4n) is 3.21. The Kier molecular flexibility index (Phi) is 8.17. The molecule has 1 aromatic heterocycles. The first-order valence-corrected chi connectivity index (χ1v) is 10.3. The van der Waals surface area contributed by atoms with Gasteiger partial charge < -0.3 is 25.2 Å². The highest BCUT2D eigenvalue weighted by molar-refractivity contribution is 5.99. The molecule has 0 aliphatic rings.